The third-order valence-corrected chi connectivity index (χ3v) is 5.35. The lowest BCUT2D eigenvalue weighted by atomic mass is 10.0. The van der Waals surface area contributed by atoms with Gasteiger partial charge in [0.25, 0.3) is 0 Å². The van der Waals surface area contributed by atoms with Crippen LogP contribution >= 0.6 is 0 Å². The molecule has 0 atom stereocenters. The summed E-state index contributed by atoms with van der Waals surface area (Å²) in [6, 6.07) is 10.7. The van der Waals surface area contributed by atoms with Gasteiger partial charge in [0.15, 0.2) is 17.5 Å². The first-order valence-electron chi connectivity index (χ1n) is 10.2. The second-order valence-corrected chi connectivity index (χ2v) is 7.74. The van der Waals surface area contributed by atoms with Crippen LogP contribution < -0.4 is 5.69 Å². The summed E-state index contributed by atoms with van der Waals surface area (Å²) in [5.41, 5.74) is 2.64. The van der Waals surface area contributed by atoms with E-state index in [1.165, 1.54) is 10.6 Å². The van der Waals surface area contributed by atoms with Gasteiger partial charge in [-0.1, -0.05) is 38.1 Å². The minimum atomic E-state index is -0.621. The van der Waals surface area contributed by atoms with Crippen LogP contribution in [0.15, 0.2) is 41.2 Å². The van der Waals surface area contributed by atoms with Gasteiger partial charge in [-0.3, -0.25) is 4.57 Å². The molecule has 0 aliphatic carbocycles. The average molecular weight is 421 g/mol. The van der Waals surface area contributed by atoms with Crippen molar-refractivity contribution in [1.82, 2.24) is 24.3 Å². The molecular formula is C23H24FN5O2. The molecule has 0 aliphatic heterocycles. The van der Waals surface area contributed by atoms with Crippen molar-refractivity contribution in [2.75, 3.05) is 0 Å². The highest BCUT2D eigenvalue weighted by atomic mass is 19.1. The van der Waals surface area contributed by atoms with E-state index in [1.54, 1.807) is 13.0 Å². The zero-order valence-corrected chi connectivity index (χ0v) is 17.9. The van der Waals surface area contributed by atoms with Crippen molar-refractivity contribution < 1.29 is 9.50 Å². The molecule has 0 unspecified atom stereocenters. The summed E-state index contributed by atoms with van der Waals surface area (Å²) in [7, 11) is 0. The van der Waals surface area contributed by atoms with Gasteiger partial charge in [-0.05, 0) is 31.4 Å². The van der Waals surface area contributed by atoms with Gasteiger partial charge in [0, 0.05) is 23.6 Å². The Labute approximate surface area is 178 Å². The van der Waals surface area contributed by atoms with Crippen LogP contribution in [0.2, 0.25) is 0 Å². The Morgan fingerprint density at radius 2 is 1.90 bits per heavy atom. The van der Waals surface area contributed by atoms with Crippen molar-refractivity contribution in [3.63, 3.8) is 0 Å². The molecule has 4 rings (SSSR count). The van der Waals surface area contributed by atoms with Crippen LogP contribution in [-0.4, -0.2) is 29.4 Å². The molecule has 7 nitrogen and oxygen atoms in total. The Kier molecular flexibility index (Phi) is 5.41. The Morgan fingerprint density at radius 1 is 1.16 bits per heavy atom. The molecule has 2 aromatic heterocycles. The van der Waals surface area contributed by atoms with Crippen LogP contribution in [0.25, 0.3) is 28.0 Å². The van der Waals surface area contributed by atoms with E-state index in [9.17, 15) is 9.90 Å². The van der Waals surface area contributed by atoms with E-state index >= 15 is 4.39 Å². The molecule has 31 heavy (non-hydrogen) atoms. The van der Waals surface area contributed by atoms with E-state index in [4.69, 9.17) is 4.98 Å². The van der Waals surface area contributed by atoms with Crippen molar-refractivity contribution in [1.29, 1.82) is 0 Å². The van der Waals surface area contributed by atoms with Crippen molar-refractivity contribution in [3.8, 4) is 17.1 Å². The van der Waals surface area contributed by atoms with Crippen molar-refractivity contribution in [2.45, 2.75) is 46.8 Å². The first kappa shape index (κ1) is 20.9. The number of halogens is 1. The largest absolute Gasteiger partial charge is 0.388 e. The third kappa shape index (κ3) is 3.53. The van der Waals surface area contributed by atoms with Crippen LogP contribution in [-0.2, 0) is 13.2 Å². The molecule has 160 valence electrons. The van der Waals surface area contributed by atoms with Gasteiger partial charge in [-0.15, -0.1) is 5.10 Å². The van der Waals surface area contributed by atoms with E-state index < -0.39 is 18.1 Å². The lowest BCUT2D eigenvalue weighted by Crippen LogP contribution is -2.24. The van der Waals surface area contributed by atoms with Crippen LogP contribution in [0.3, 0.4) is 0 Å². The number of benzene rings is 2. The molecular weight excluding hydrogens is 397 g/mol. The number of rotatable bonds is 5. The summed E-state index contributed by atoms with van der Waals surface area (Å²) < 4.78 is 17.4. The highest BCUT2D eigenvalue weighted by Crippen LogP contribution is 2.30. The van der Waals surface area contributed by atoms with Crippen molar-refractivity contribution in [3.05, 3.63) is 69.8 Å². The molecule has 0 saturated carbocycles. The summed E-state index contributed by atoms with van der Waals surface area (Å²) in [5, 5.41) is 14.3. The van der Waals surface area contributed by atoms with Gasteiger partial charge >= 0.3 is 5.69 Å². The summed E-state index contributed by atoms with van der Waals surface area (Å²) in [6.07, 6.45) is 0. The van der Waals surface area contributed by atoms with E-state index in [0.717, 1.165) is 21.5 Å². The van der Waals surface area contributed by atoms with Crippen LogP contribution in [0.4, 0.5) is 4.39 Å². The van der Waals surface area contributed by atoms with Gasteiger partial charge in [-0.2, -0.15) is 4.68 Å². The smallest absolute Gasteiger partial charge is 0.350 e. The van der Waals surface area contributed by atoms with E-state index in [-0.39, 0.29) is 17.4 Å². The lowest BCUT2D eigenvalue weighted by Gasteiger charge is -2.14. The van der Waals surface area contributed by atoms with E-state index in [0.29, 0.717) is 23.3 Å². The van der Waals surface area contributed by atoms with Gasteiger partial charge in [0.05, 0.1) is 11.2 Å². The van der Waals surface area contributed by atoms with Crippen LogP contribution in [0.1, 0.15) is 43.8 Å². The molecule has 0 aliphatic rings. The highest BCUT2D eigenvalue weighted by Gasteiger charge is 2.20. The quantitative estimate of drug-likeness (QED) is 0.531. The number of fused-ring (bicyclic) bond motifs is 1. The normalized spacial score (nSPS) is 11.6. The van der Waals surface area contributed by atoms with Gasteiger partial charge < -0.3 is 5.11 Å². The SMILES string of the molecule is CCn1c(CO)nn(-c2cc3c(C(C)C)nc(-c4ccccc4C)nc3cc2F)c1=O. The fraction of sp³-hybridized carbons (Fsp3) is 0.304. The first-order chi connectivity index (χ1) is 14.8. The zero-order chi connectivity index (χ0) is 22.3. The Balaban J connectivity index is 1.99. The molecule has 0 radical (unpaired) electrons. The number of aromatic nitrogens is 5. The Bertz CT molecular complexity index is 1340. The molecule has 1 N–H and O–H groups in total. The van der Waals surface area contributed by atoms with Crippen molar-refractivity contribution >= 4 is 10.9 Å². The second kappa shape index (κ2) is 8.03. The summed E-state index contributed by atoms with van der Waals surface area (Å²) in [4.78, 5) is 22.1. The summed E-state index contributed by atoms with van der Waals surface area (Å²) in [5.74, 6) is 0.146. The maximum absolute atomic E-state index is 15.1. The summed E-state index contributed by atoms with van der Waals surface area (Å²) in [6.45, 7) is 7.68. The molecule has 2 aromatic carbocycles. The minimum absolute atomic E-state index is 0.00791. The molecule has 0 fully saturated rings. The van der Waals surface area contributed by atoms with Crippen LogP contribution in [0.5, 0.6) is 0 Å². The number of aliphatic hydroxyl groups is 1. The molecule has 0 saturated heterocycles. The molecule has 0 spiro atoms. The molecule has 2 heterocycles. The first-order valence-corrected chi connectivity index (χ1v) is 10.2. The lowest BCUT2D eigenvalue weighted by molar-refractivity contribution is 0.264. The topological polar surface area (TPSA) is 85.8 Å². The van der Waals surface area contributed by atoms with E-state index in [1.807, 2.05) is 45.0 Å². The monoisotopic (exact) mass is 421 g/mol. The fourth-order valence-corrected chi connectivity index (χ4v) is 3.74. The zero-order valence-electron chi connectivity index (χ0n) is 17.9. The van der Waals surface area contributed by atoms with Gasteiger partial charge in [0.1, 0.15) is 12.3 Å². The Hall–Kier alpha value is -3.39. The van der Waals surface area contributed by atoms with E-state index in [2.05, 4.69) is 10.1 Å². The van der Waals surface area contributed by atoms with Gasteiger partial charge in [-0.25, -0.2) is 19.2 Å². The minimum Gasteiger partial charge on any atom is -0.388 e. The molecule has 0 bridgehead atoms. The molecule has 4 aromatic rings. The standard InChI is InChI=1S/C23H24FN5O2/c1-5-28-20(12-30)27-29(23(28)31)19-10-16-18(11-17(19)24)25-22(26-21(16)13(2)3)15-9-7-6-8-14(15)4/h6-11,13,30H,5,12H2,1-4H3. The predicted molar refractivity (Wildman–Crippen MR) is 117 cm³/mol. The van der Waals surface area contributed by atoms with Crippen molar-refractivity contribution in [2.24, 2.45) is 0 Å². The number of hydrogen-bond acceptors (Lipinski definition) is 5. The summed E-state index contributed by atoms with van der Waals surface area (Å²) >= 11 is 0. The second-order valence-electron chi connectivity index (χ2n) is 7.74. The molecule has 8 heteroatoms. The maximum atomic E-state index is 15.1. The van der Waals surface area contributed by atoms with Gasteiger partial charge in [0.2, 0.25) is 0 Å². The fourth-order valence-electron chi connectivity index (χ4n) is 3.74. The highest BCUT2D eigenvalue weighted by molar-refractivity contribution is 5.85. The molecule has 0 amide bonds. The number of nitrogens with zero attached hydrogens (tertiary/aromatic N) is 5. The maximum Gasteiger partial charge on any atom is 0.350 e. The number of aliphatic hydroxyl groups excluding tert-OH is 1. The third-order valence-electron chi connectivity index (χ3n) is 5.35. The average Bonchev–Trinajstić information content (AvgIpc) is 3.07. The number of aryl methyl sites for hydroxylation is 1. The number of hydrogen-bond donors (Lipinski definition) is 1. The predicted octanol–water partition coefficient (Wildman–Crippen LogP) is 3.73. The van der Waals surface area contributed by atoms with Crippen LogP contribution in [0, 0.1) is 12.7 Å². The Morgan fingerprint density at radius 3 is 2.52 bits per heavy atom.